The molecule has 0 saturated heterocycles. The Labute approximate surface area is 122 Å². The zero-order valence-corrected chi connectivity index (χ0v) is 12.3. The maximum absolute atomic E-state index is 12.2. The number of nitrogens with one attached hydrogen (secondary N) is 1. The van der Waals surface area contributed by atoms with Crippen LogP contribution in [-0.4, -0.2) is 33.1 Å². The van der Waals surface area contributed by atoms with Gasteiger partial charge in [0.05, 0.1) is 22.8 Å². The summed E-state index contributed by atoms with van der Waals surface area (Å²) < 4.78 is 1.78. The number of carbonyl (C=O) groups excluding carboxylic acids is 1. The van der Waals surface area contributed by atoms with Gasteiger partial charge in [-0.25, -0.2) is 4.98 Å². The number of hydrogen-bond acceptors (Lipinski definition) is 3. The first kappa shape index (κ1) is 15.0. The number of carboxylic acid groups (broad SMARTS) is 1. The fourth-order valence-electron chi connectivity index (χ4n) is 1.94. The first-order valence-corrected chi connectivity index (χ1v) is 6.75. The van der Waals surface area contributed by atoms with Gasteiger partial charge in [-0.3, -0.25) is 9.59 Å². The maximum atomic E-state index is 12.2. The minimum atomic E-state index is -0.994. The summed E-state index contributed by atoms with van der Waals surface area (Å²) in [4.78, 5) is 27.5. The lowest BCUT2D eigenvalue weighted by Crippen LogP contribution is -2.41. The molecule has 0 spiro atoms. The molecule has 0 bridgehead atoms. The number of carboxylic acids is 1. The summed E-state index contributed by atoms with van der Waals surface area (Å²) in [5.74, 6) is -1.17. The van der Waals surface area contributed by atoms with Crippen molar-refractivity contribution in [1.29, 1.82) is 0 Å². The number of hydrogen-bond donors (Lipinski definition) is 2. The summed E-state index contributed by atoms with van der Waals surface area (Å²) in [5.41, 5.74) is 0.701. The first-order valence-electron chi connectivity index (χ1n) is 6.75. The van der Waals surface area contributed by atoms with E-state index in [2.05, 4.69) is 10.3 Å². The molecule has 1 amide bonds. The van der Waals surface area contributed by atoms with Gasteiger partial charge in [0.25, 0.3) is 0 Å². The third-order valence-corrected chi connectivity index (χ3v) is 3.56. The van der Waals surface area contributed by atoms with Crippen LogP contribution in [0, 0.1) is 5.41 Å². The molecule has 0 radical (unpaired) electrons. The minimum absolute atomic E-state index is 0.0815. The number of amides is 1. The molecule has 1 aromatic carbocycles. The Kier molecular flexibility index (Phi) is 3.97. The molecule has 1 heterocycles. The number of fused-ring (bicyclic) bond motifs is 1. The van der Waals surface area contributed by atoms with Crippen LogP contribution in [0.3, 0.4) is 0 Å². The molecule has 21 heavy (non-hydrogen) atoms. The highest BCUT2D eigenvalue weighted by Gasteiger charge is 2.28. The number of aliphatic carboxylic acids is 1. The Hall–Kier alpha value is -2.37. The van der Waals surface area contributed by atoms with Crippen molar-refractivity contribution < 1.29 is 14.7 Å². The Morgan fingerprint density at radius 1 is 1.38 bits per heavy atom. The Balaban J connectivity index is 2.11. The van der Waals surface area contributed by atoms with Crippen LogP contribution in [0.5, 0.6) is 0 Å². The standard InChI is InChI=1S/C15H19N3O3/c1-10(13(19)16-8-15(2,3)14(20)21)18-9-17-11-6-4-5-7-12(11)18/h4-7,9-10H,8H2,1-3H3,(H,16,19)(H,20,21). The van der Waals surface area contributed by atoms with Crippen LogP contribution in [-0.2, 0) is 9.59 Å². The average Bonchev–Trinajstić information content (AvgIpc) is 2.87. The Morgan fingerprint density at radius 2 is 2.05 bits per heavy atom. The van der Waals surface area contributed by atoms with E-state index in [9.17, 15) is 9.59 Å². The van der Waals surface area contributed by atoms with Crippen molar-refractivity contribution in [3.8, 4) is 0 Å². The SMILES string of the molecule is CC(C(=O)NCC(C)(C)C(=O)O)n1cnc2ccccc21. The normalized spacial score (nSPS) is 13.1. The molecule has 0 fully saturated rings. The summed E-state index contributed by atoms with van der Waals surface area (Å²) >= 11 is 0. The molecule has 0 aliphatic rings. The number of para-hydroxylation sites is 2. The number of benzene rings is 1. The highest BCUT2D eigenvalue weighted by molar-refractivity contribution is 5.84. The highest BCUT2D eigenvalue weighted by Crippen LogP contribution is 2.18. The molecule has 1 unspecified atom stereocenters. The monoisotopic (exact) mass is 289 g/mol. The van der Waals surface area contributed by atoms with Gasteiger partial charge >= 0.3 is 5.97 Å². The van der Waals surface area contributed by atoms with Crippen LogP contribution in [0.2, 0.25) is 0 Å². The number of rotatable bonds is 5. The summed E-state index contributed by atoms with van der Waals surface area (Å²) in [7, 11) is 0. The van der Waals surface area contributed by atoms with Crippen molar-refractivity contribution in [2.45, 2.75) is 26.8 Å². The van der Waals surface area contributed by atoms with Crippen LogP contribution in [0.25, 0.3) is 11.0 Å². The fourth-order valence-corrected chi connectivity index (χ4v) is 1.94. The first-order chi connectivity index (χ1) is 9.83. The third kappa shape index (κ3) is 3.04. The molecule has 2 aromatic rings. The van der Waals surface area contributed by atoms with E-state index in [0.717, 1.165) is 11.0 Å². The van der Waals surface area contributed by atoms with E-state index in [1.54, 1.807) is 31.7 Å². The highest BCUT2D eigenvalue weighted by atomic mass is 16.4. The second-order valence-corrected chi connectivity index (χ2v) is 5.72. The second kappa shape index (κ2) is 5.55. The smallest absolute Gasteiger partial charge is 0.310 e. The lowest BCUT2D eigenvalue weighted by atomic mass is 9.94. The largest absolute Gasteiger partial charge is 0.481 e. The molecular formula is C15H19N3O3. The van der Waals surface area contributed by atoms with Gasteiger partial charge in [0, 0.05) is 6.54 Å². The van der Waals surface area contributed by atoms with Crippen LogP contribution in [0.1, 0.15) is 26.8 Å². The number of imidazole rings is 1. The molecule has 2 rings (SSSR count). The summed E-state index contributed by atoms with van der Waals surface area (Å²) in [6.45, 7) is 5.00. The van der Waals surface area contributed by atoms with Crippen molar-refractivity contribution in [3.05, 3.63) is 30.6 Å². The second-order valence-electron chi connectivity index (χ2n) is 5.72. The quantitative estimate of drug-likeness (QED) is 0.879. The summed E-state index contributed by atoms with van der Waals surface area (Å²) in [6, 6.07) is 7.09. The van der Waals surface area contributed by atoms with E-state index < -0.39 is 17.4 Å². The number of nitrogens with zero attached hydrogens (tertiary/aromatic N) is 2. The van der Waals surface area contributed by atoms with Gasteiger partial charge in [-0.2, -0.15) is 0 Å². The summed E-state index contributed by atoms with van der Waals surface area (Å²) in [6.07, 6.45) is 1.62. The van der Waals surface area contributed by atoms with Crippen molar-refractivity contribution in [1.82, 2.24) is 14.9 Å². The van der Waals surface area contributed by atoms with E-state index in [-0.39, 0.29) is 12.5 Å². The van der Waals surface area contributed by atoms with E-state index in [1.807, 2.05) is 24.3 Å². The van der Waals surface area contributed by atoms with E-state index in [1.165, 1.54) is 0 Å². The molecule has 6 heteroatoms. The molecule has 1 atom stereocenters. The van der Waals surface area contributed by atoms with Crippen LogP contribution < -0.4 is 5.32 Å². The molecule has 1 aromatic heterocycles. The van der Waals surface area contributed by atoms with Gasteiger partial charge in [-0.1, -0.05) is 12.1 Å². The van der Waals surface area contributed by atoms with Crippen molar-refractivity contribution in [3.63, 3.8) is 0 Å². The third-order valence-electron chi connectivity index (χ3n) is 3.56. The van der Waals surface area contributed by atoms with Crippen molar-refractivity contribution >= 4 is 22.9 Å². The fraction of sp³-hybridized carbons (Fsp3) is 0.400. The number of aromatic nitrogens is 2. The van der Waals surface area contributed by atoms with Crippen LogP contribution in [0.4, 0.5) is 0 Å². The lowest BCUT2D eigenvalue weighted by molar-refractivity contribution is -0.146. The van der Waals surface area contributed by atoms with Gasteiger partial charge in [0.2, 0.25) is 5.91 Å². The van der Waals surface area contributed by atoms with Gasteiger partial charge < -0.3 is 15.0 Å². The van der Waals surface area contributed by atoms with Gasteiger partial charge in [-0.05, 0) is 32.9 Å². The molecule has 2 N–H and O–H groups in total. The van der Waals surface area contributed by atoms with Crippen LogP contribution >= 0.6 is 0 Å². The molecule has 0 saturated carbocycles. The molecule has 112 valence electrons. The molecule has 0 aliphatic carbocycles. The molecule has 6 nitrogen and oxygen atoms in total. The molecule has 0 aliphatic heterocycles. The minimum Gasteiger partial charge on any atom is -0.481 e. The Bertz CT molecular complexity index is 676. The summed E-state index contributed by atoms with van der Waals surface area (Å²) in [5, 5.41) is 11.7. The van der Waals surface area contributed by atoms with Crippen LogP contribution in [0.15, 0.2) is 30.6 Å². The van der Waals surface area contributed by atoms with Gasteiger partial charge in [0.1, 0.15) is 6.04 Å². The predicted octanol–water partition coefficient (Wildman–Crippen LogP) is 1.82. The molecular weight excluding hydrogens is 270 g/mol. The number of carbonyl (C=O) groups is 2. The van der Waals surface area contributed by atoms with Crippen molar-refractivity contribution in [2.24, 2.45) is 5.41 Å². The topological polar surface area (TPSA) is 84.2 Å². The van der Waals surface area contributed by atoms with E-state index >= 15 is 0 Å². The zero-order chi connectivity index (χ0) is 15.6. The van der Waals surface area contributed by atoms with Gasteiger partial charge in [0.15, 0.2) is 0 Å². The maximum Gasteiger partial charge on any atom is 0.310 e. The van der Waals surface area contributed by atoms with Crippen molar-refractivity contribution in [2.75, 3.05) is 6.54 Å². The predicted molar refractivity (Wildman–Crippen MR) is 78.9 cm³/mol. The Morgan fingerprint density at radius 3 is 2.71 bits per heavy atom. The van der Waals surface area contributed by atoms with E-state index in [4.69, 9.17) is 5.11 Å². The zero-order valence-electron chi connectivity index (χ0n) is 12.3. The van der Waals surface area contributed by atoms with Gasteiger partial charge in [-0.15, -0.1) is 0 Å². The average molecular weight is 289 g/mol. The van der Waals surface area contributed by atoms with E-state index in [0.29, 0.717) is 0 Å². The lowest BCUT2D eigenvalue weighted by Gasteiger charge is -2.21.